The number of benzene rings is 1. The standard InChI is InChI=1S/C15H15N3O6S/c1-10(24-13-4-3-9-16-15(13)18(20)21)14(19)11-5-7-12(8-6-11)17-25(2,22)23/h3-10,17H,1-2H3. The normalized spacial score (nSPS) is 12.2. The molecule has 0 saturated carbocycles. The maximum absolute atomic E-state index is 12.4. The number of anilines is 1. The molecule has 0 saturated heterocycles. The van der Waals surface area contributed by atoms with Crippen molar-refractivity contribution in [2.45, 2.75) is 13.0 Å². The van der Waals surface area contributed by atoms with Crippen LogP contribution in [-0.2, 0) is 10.0 Å². The lowest BCUT2D eigenvalue weighted by Crippen LogP contribution is -2.24. The summed E-state index contributed by atoms with van der Waals surface area (Å²) in [5, 5.41) is 10.9. The Labute approximate surface area is 143 Å². The number of sulfonamides is 1. The summed E-state index contributed by atoms with van der Waals surface area (Å²) in [4.78, 5) is 26.2. The number of carbonyl (C=O) groups is 1. The lowest BCUT2D eigenvalue weighted by atomic mass is 10.1. The molecule has 0 radical (unpaired) electrons. The molecule has 0 aliphatic heterocycles. The number of nitrogens with one attached hydrogen (secondary N) is 1. The minimum absolute atomic E-state index is 0.108. The van der Waals surface area contributed by atoms with E-state index in [9.17, 15) is 23.3 Å². The fourth-order valence-electron chi connectivity index (χ4n) is 2.01. The van der Waals surface area contributed by atoms with E-state index in [0.717, 1.165) is 6.26 Å². The van der Waals surface area contributed by atoms with Crippen LogP contribution in [0.1, 0.15) is 17.3 Å². The van der Waals surface area contributed by atoms with Gasteiger partial charge in [0.05, 0.1) is 6.26 Å². The van der Waals surface area contributed by atoms with Crippen molar-refractivity contribution in [1.29, 1.82) is 0 Å². The van der Waals surface area contributed by atoms with Gasteiger partial charge in [0.1, 0.15) is 6.20 Å². The first-order valence-corrected chi connectivity index (χ1v) is 8.94. The van der Waals surface area contributed by atoms with Crippen molar-refractivity contribution < 1.29 is 22.9 Å². The summed E-state index contributed by atoms with van der Waals surface area (Å²) >= 11 is 0. The number of aromatic nitrogens is 1. The van der Waals surface area contributed by atoms with Crippen LogP contribution in [0.15, 0.2) is 42.6 Å². The van der Waals surface area contributed by atoms with E-state index in [1.54, 1.807) is 0 Å². The van der Waals surface area contributed by atoms with Gasteiger partial charge in [0, 0.05) is 11.3 Å². The Hall–Kier alpha value is -3.01. The summed E-state index contributed by atoms with van der Waals surface area (Å²) in [5.41, 5.74) is 0.591. The van der Waals surface area contributed by atoms with Crippen molar-refractivity contribution in [1.82, 2.24) is 4.98 Å². The predicted octanol–water partition coefficient (Wildman–Crippen LogP) is 2.01. The van der Waals surface area contributed by atoms with Gasteiger partial charge in [-0.2, -0.15) is 0 Å². The van der Waals surface area contributed by atoms with Gasteiger partial charge in [-0.3, -0.25) is 9.52 Å². The zero-order chi connectivity index (χ0) is 18.6. The highest BCUT2D eigenvalue weighted by molar-refractivity contribution is 7.92. The molecule has 25 heavy (non-hydrogen) atoms. The third-order valence-electron chi connectivity index (χ3n) is 3.07. The number of nitro groups is 1. The molecule has 1 aromatic carbocycles. The average molecular weight is 365 g/mol. The molecular weight excluding hydrogens is 350 g/mol. The van der Waals surface area contributed by atoms with Gasteiger partial charge in [-0.15, -0.1) is 0 Å². The highest BCUT2D eigenvalue weighted by Gasteiger charge is 2.22. The Bertz CT molecular complexity index is 896. The quantitative estimate of drug-likeness (QED) is 0.451. The Morgan fingerprint density at radius 3 is 2.48 bits per heavy atom. The molecule has 2 aromatic rings. The number of hydrogen-bond acceptors (Lipinski definition) is 7. The lowest BCUT2D eigenvalue weighted by Gasteiger charge is -2.13. The molecule has 1 heterocycles. The number of Topliss-reactive ketones (excluding diaryl/α,β-unsaturated/α-hetero) is 1. The maximum Gasteiger partial charge on any atom is 0.406 e. The van der Waals surface area contributed by atoms with Crippen LogP contribution >= 0.6 is 0 Å². The maximum atomic E-state index is 12.4. The minimum atomic E-state index is -3.41. The third kappa shape index (κ3) is 4.98. The van der Waals surface area contributed by atoms with Crippen LogP contribution in [0.4, 0.5) is 11.5 Å². The molecule has 0 fully saturated rings. The molecule has 2 rings (SSSR count). The van der Waals surface area contributed by atoms with Crippen molar-refractivity contribution in [2.75, 3.05) is 11.0 Å². The van der Waals surface area contributed by atoms with Gasteiger partial charge in [-0.05, 0) is 53.2 Å². The highest BCUT2D eigenvalue weighted by atomic mass is 32.2. The minimum Gasteiger partial charge on any atom is -0.474 e. The Morgan fingerprint density at radius 1 is 1.28 bits per heavy atom. The van der Waals surface area contributed by atoms with Gasteiger partial charge in [0.2, 0.25) is 21.6 Å². The zero-order valence-corrected chi connectivity index (χ0v) is 14.2. The fraction of sp³-hybridized carbons (Fsp3) is 0.200. The van der Waals surface area contributed by atoms with Crippen LogP contribution in [0.2, 0.25) is 0 Å². The largest absolute Gasteiger partial charge is 0.474 e. The van der Waals surface area contributed by atoms with Gasteiger partial charge in [0.15, 0.2) is 6.10 Å². The molecule has 1 N–H and O–H groups in total. The average Bonchev–Trinajstić information content (AvgIpc) is 2.53. The van der Waals surface area contributed by atoms with Crippen LogP contribution in [0, 0.1) is 10.1 Å². The molecule has 0 aliphatic rings. The number of ketones is 1. The Kier molecular flexibility index (Phi) is 5.32. The Morgan fingerprint density at radius 2 is 1.92 bits per heavy atom. The van der Waals surface area contributed by atoms with Crippen LogP contribution in [0.25, 0.3) is 0 Å². The second kappa shape index (κ2) is 7.26. The Balaban J connectivity index is 2.14. The van der Waals surface area contributed by atoms with E-state index in [0.29, 0.717) is 5.69 Å². The number of nitrogens with zero attached hydrogens (tertiary/aromatic N) is 2. The van der Waals surface area contributed by atoms with Gasteiger partial charge in [-0.25, -0.2) is 8.42 Å². The molecule has 132 valence electrons. The first kappa shape index (κ1) is 18.3. The molecule has 9 nitrogen and oxygen atoms in total. The lowest BCUT2D eigenvalue weighted by molar-refractivity contribution is -0.390. The van der Waals surface area contributed by atoms with Gasteiger partial charge >= 0.3 is 5.82 Å². The van der Waals surface area contributed by atoms with E-state index in [1.165, 1.54) is 49.5 Å². The summed E-state index contributed by atoms with van der Waals surface area (Å²) < 4.78 is 30.0. The van der Waals surface area contributed by atoms with Crippen LogP contribution in [0.5, 0.6) is 5.75 Å². The smallest absolute Gasteiger partial charge is 0.406 e. The predicted molar refractivity (Wildman–Crippen MR) is 90.2 cm³/mol. The number of pyridine rings is 1. The molecule has 1 atom stereocenters. The molecule has 1 aromatic heterocycles. The number of hydrogen-bond donors (Lipinski definition) is 1. The zero-order valence-electron chi connectivity index (χ0n) is 13.4. The van der Waals surface area contributed by atoms with Crippen molar-refractivity contribution >= 4 is 27.3 Å². The van der Waals surface area contributed by atoms with E-state index in [1.807, 2.05) is 0 Å². The SMILES string of the molecule is CC(Oc1cccnc1[N+](=O)[O-])C(=O)c1ccc(NS(C)(=O)=O)cc1. The molecular formula is C15H15N3O6S. The van der Waals surface area contributed by atoms with Gasteiger partial charge in [-0.1, -0.05) is 0 Å². The van der Waals surface area contributed by atoms with Gasteiger partial charge in [0.25, 0.3) is 0 Å². The van der Waals surface area contributed by atoms with Crippen LogP contribution in [0.3, 0.4) is 0 Å². The first-order chi connectivity index (χ1) is 11.7. The molecule has 10 heteroatoms. The van der Waals surface area contributed by atoms with E-state index in [2.05, 4.69) is 9.71 Å². The van der Waals surface area contributed by atoms with Crippen LogP contribution < -0.4 is 9.46 Å². The molecule has 0 amide bonds. The van der Waals surface area contributed by atoms with Crippen molar-refractivity contribution in [3.63, 3.8) is 0 Å². The number of ether oxygens (including phenoxy) is 1. The molecule has 0 spiro atoms. The van der Waals surface area contributed by atoms with Crippen molar-refractivity contribution in [2.24, 2.45) is 0 Å². The summed E-state index contributed by atoms with van der Waals surface area (Å²) in [6.07, 6.45) is 1.28. The highest BCUT2D eigenvalue weighted by Crippen LogP contribution is 2.25. The summed E-state index contributed by atoms with van der Waals surface area (Å²) in [7, 11) is -3.41. The van der Waals surface area contributed by atoms with E-state index < -0.39 is 32.7 Å². The van der Waals surface area contributed by atoms with Gasteiger partial charge < -0.3 is 14.9 Å². The van der Waals surface area contributed by atoms with Crippen molar-refractivity contribution in [3.05, 3.63) is 58.3 Å². The van der Waals surface area contributed by atoms with Crippen molar-refractivity contribution in [3.8, 4) is 5.75 Å². The molecule has 1 unspecified atom stereocenters. The number of carbonyl (C=O) groups excluding carboxylic acids is 1. The van der Waals surface area contributed by atoms with E-state index >= 15 is 0 Å². The fourth-order valence-corrected chi connectivity index (χ4v) is 2.57. The van der Waals surface area contributed by atoms with Crippen LogP contribution in [-0.4, -0.2) is 36.5 Å². The second-order valence-electron chi connectivity index (χ2n) is 5.16. The summed E-state index contributed by atoms with van der Waals surface area (Å²) in [6.45, 7) is 1.46. The molecule has 0 bridgehead atoms. The van der Waals surface area contributed by atoms with E-state index in [4.69, 9.17) is 4.74 Å². The first-order valence-electron chi connectivity index (χ1n) is 7.05. The summed E-state index contributed by atoms with van der Waals surface area (Å²) in [5.74, 6) is -0.998. The third-order valence-corrected chi connectivity index (χ3v) is 3.68. The van der Waals surface area contributed by atoms with E-state index in [-0.39, 0.29) is 11.3 Å². The topological polar surface area (TPSA) is 128 Å². The monoisotopic (exact) mass is 365 g/mol. The summed E-state index contributed by atoms with van der Waals surface area (Å²) in [6, 6.07) is 8.57. The molecule has 0 aliphatic carbocycles. The second-order valence-corrected chi connectivity index (χ2v) is 6.91. The number of rotatable bonds is 7.